The average Bonchev–Trinajstić information content (AvgIpc) is 2.95. The van der Waals surface area contributed by atoms with Gasteiger partial charge in [-0.1, -0.05) is 41.1 Å². The van der Waals surface area contributed by atoms with E-state index in [9.17, 15) is 4.79 Å². The monoisotopic (exact) mass is 320 g/mol. The lowest BCUT2D eigenvalue weighted by atomic mass is 10.1. The van der Waals surface area contributed by atoms with Gasteiger partial charge < -0.3 is 9.84 Å². The Morgan fingerprint density at radius 1 is 0.958 bits per heavy atom. The third-order valence-electron chi connectivity index (χ3n) is 3.74. The molecule has 0 aliphatic heterocycles. The minimum Gasteiger partial charge on any atom is -0.356 e. The van der Waals surface area contributed by atoms with Crippen molar-refractivity contribution in [2.45, 2.75) is 27.2 Å². The minimum atomic E-state index is -0.108. The molecule has 3 rings (SSSR count). The van der Waals surface area contributed by atoms with Gasteiger partial charge in [0.25, 0.3) is 0 Å². The van der Waals surface area contributed by atoms with E-state index in [4.69, 9.17) is 4.52 Å². The highest BCUT2D eigenvalue weighted by atomic mass is 16.5. The normalized spacial score (nSPS) is 10.6. The van der Waals surface area contributed by atoms with Gasteiger partial charge in [0.05, 0.1) is 12.1 Å². The van der Waals surface area contributed by atoms with Gasteiger partial charge in [0, 0.05) is 17.3 Å². The molecule has 0 saturated carbocycles. The van der Waals surface area contributed by atoms with Crippen LogP contribution in [0.15, 0.2) is 53.1 Å². The first-order valence-electron chi connectivity index (χ1n) is 7.90. The molecular formula is C20H20N2O2. The van der Waals surface area contributed by atoms with E-state index in [0.29, 0.717) is 11.5 Å². The second-order valence-electron chi connectivity index (χ2n) is 6.15. The maximum absolute atomic E-state index is 12.2. The molecule has 0 bridgehead atoms. The van der Waals surface area contributed by atoms with E-state index in [1.54, 1.807) is 0 Å². The van der Waals surface area contributed by atoms with Crippen LogP contribution in [0.4, 0.5) is 5.69 Å². The summed E-state index contributed by atoms with van der Waals surface area (Å²) in [5, 5.41) is 6.90. The number of aryl methyl sites for hydroxylation is 3. The van der Waals surface area contributed by atoms with Crippen molar-refractivity contribution in [2.24, 2.45) is 0 Å². The molecule has 1 heterocycles. The number of anilines is 1. The molecule has 0 unspecified atom stereocenters. The molecule has 122 valence electrons. The highest BCUT2D eigenvalue weighted by Gasteiger charge is 2.11. The van der Waals surface area contributed by atoms with Crippen molar-refractivity contribution in [1.29, 1.82) is 0 Å². The summed E-state index contributed by atoms with van der Waals surface area (Å²) in [4.78, 5) is 12.2. The van der Waals surface area contributed by atoms with Gasteiger partial charge in [-0.05, 0) is 44.0 Å². The Morgan fingerprint density at radius 3 is 2.29 bits per heavy atom. The molecule has 1 aromatic heterocycles. The Balaban J connectivity index is 1.68. The van der Waals surface area contributed by atoms with E-state index in [0.717, 1.165) is 22.4 Å². The van der Waals surface area contributed by atoms with Crippen LogP contribution in [0, 0.1) is 20.8 Å². The first-order chi connectivity index (χ1) is 11.5. The Labute approximate surface area is 141 Å². The Morgan fingerprint density at radius 2 is 1.62 bits per heavy atom. The van der Waals surface area contributed by atoms with E-state index < -0.39 is 0 Å². The van der Waals surface area contributed by atoms with Crippen molar-refractivity contribution in [2.75, 3.05) is 5.32 Å². The number of rotatable bonds is 4. The lowest BCUT2D eigenvalue weighted by molar-refractivity contribution is -0.115. The van der Waals surface area contributed by atoms with Gasteiger partial charge in [-0.25, -0.2) is 0 Å². The summed E-state index contributed by atoms with van der Waals surface area (Å²) in [6.45, 7) is 6.05. The molecule has 0 spiro atoms. The standard InChI is InChI=1S/C20H20N2O2/c1-13-4-6-16(7-5-13)19-11-18(22-24-19)12-20(23)21-17-9-14(2)8-15(3)10-17/h4-11H,12H2,1-3H3,(H,21,23). The van der Waals surface area contributed by atoms with Gasteiger partial charge in [-0.3, -0.25) is 4.79 Å². The summed E-state index contributed by atoms with van der Waals surface area (Å²) in [6.07, 6.45) is 0.183. The number of nitrogens with one attached hydrogen (secondary N) is 1. The van der Waals surface area contributed by atoms with Crippen LogP contribution in [0.2, 0.25) is 0 Å². The second kappa shape index (κ2) is 6.71. The molecule has 4 heteroatoms. The van der Waals surface area contributed by atoms with Gasteiger partial charge in [0.15, 0.2) is 5.76 Å². The highest BCUT2D eigenvalue weighted by Crippen LogP contribution is 2.21. The summed E-state index contributed by atoms with van der Waals surface area (Å²) in [5.74, 6) is 0.563. The topological polar surface area (TPSA) is 55.1 Å². The Bertz CT molecular complexity index is 843. The van der Waals surface area contributed by atoms with Gasteiger partial charge in [0.2, 0.25) is 5.91 Å². The van der Waals surface area contributed by atoms with Crippen LogP contribution in [0.25, 0.3) is 11.3 Å². The van der Waals surface area contributed by atoms with Gasteiger partial charge in [-0.2, -0.15) is 0 Å². The maximum atomic E-state index is 12.2. The van der Waals surface area contributed by atoms with Crippen molar-refractivity contribution in [3.63, 3.8) is 0 Å². The molecule has 3 aromatic rings. The van der Waals surface area contributed by atoms with Crippen LogP contribution in [0.1, 0.15) is 22.4 Å². The molecule has 0 atom stereocenters. The third-order valence-corrected chi connectivity index (χ3v) is 3.74. The molecular weight excluding hydrogens is 300 g/mol. The summed E-state index contributed by atoms with van der Waals surface area (Å²) >= 11 is 0. The Kier molecular flexibility index (Phi) is 4.47. The summed E-state index contributed by atoms with van der Waals surface area (Å²) in [5.41, 5.74) is 5.80. The van der Waals surface area contributed by atoms with Gasteiger partial charge in [-0.15, -0.1) is 0 Å². The summed E-state index contributed by atoms with van der Waals surface area (Å²) in [7, 11) is 0. The predicted octanol–water partition coefficient (Wildman–Crippen LogP) is 4.45. The molecule has 1 N–H and O–H groups in total. The van der Waals surface area contributed by atoms with Crippen molar-refractivity contribution in [3.8, 4) is 11.3 Å². The molecule has 0 aliphatic rings. The van der Waals surface area contributed by atoms with Gasteiger partial charge in [0.1, 0.15) is 0 Å². The van der Waals surface area contributed by atoms with Crippen molar-refractivity contribution in [3.05, 3.63) is 70.9 Å². The number of hydrogen-bond acceptors (Lipinski definition) is 3. The summed E-state index contributed by atoms with van der Waals surface area (Å²) < 4.78 is 5.35. The van der Waals surface area contributed by atoms with Crippen LogP contribution in [-0.2, 0) is 11.2 Å². The van der Waals surface area contributed by atoms with E-state index in [1.807, 2.05) is 63.2 Å². The van der Waals surface area contributed by atoms with Crippen molar-refractivity contribution >= 4 is 11.6 Å². The quantitative estimate of drug-likeness (QED) is 0.773. The van der Waals surface area contributed by atoms with Crippen LogP contribution in [-0.4, -0.2) is 11.1 Å². The van der Waals surface area contributed by atoms with Crippen LogP contribution in [0.3, 0.4) is 0 Å². The van der Waals surface area contributed by atoms with Crippen molar-refractivity contribution in [1.82, 2.24) is 5.16 Å². The Hall–Kier alpha value is -2.88. The van der Waals surface area contributed by atoms with E-state index in [1.165, 1.54) is 5.56 Å². The van der Waals surface area contributed by atoms with Crippen molar-refractivity contribution < 1.29 is 9.32 Å². The first kappa shape index (κ1) is 16.0. The summed E-state index contributed by atoms with van der Waals surface area (Å²) in [6, 6.07) is 15.8. The van der Waals surface area contributed by atoms with Crippen LogP contribution in [0.5, 0.6) is 0 Å². The first-order valence-corrected chi connectivity index (χ1v) is 7.90. The minimum absolute atomic E-state index is 0.108. The fraction of sp³-hybridized carbons (Fsp3) is 0.200. The number of hydrogen-bond donors (Lipinski definition) is 1. The van der Waals surface area contributed by atoms with E-state index >= 15 is 0 Å². The number of amides is 1. The van der Waals surface area contributed by atoms with Gasteiger partial charge >= 0.3 is 0 Å². The van der Waals surface area contributed by atoms with Crippen LogP contribution >= 0.6 is 0 Å². The SMILES string of the molecule is Cc1ccc(-c2cc(CC(=O)Nc3cc(C)cc(C)c3)no2)cc1. The molecule has 0 aliphatic carbocycles. The molecule has 0 radical (unpaired) electrons. The lowest BCUT2D eigenvalue weighted by Crippen LogP contribution is -2.14. The highest BCUT2D eigenvalue weighted by molar-refractivity contribution is 5.92. The molecule has 2 aromatic carbocycles. The van der Waals surface area contributed by atoms with Crippen LogP contribution < -0.4 is 5.32 Å². The number of carbonyl (C=O) groups excluding carboxylic acids is 1. The average molecular weight is 320 g/mol. The zero-order valence-electron chi connectivity index (χ0n) is 14.1. The lowest BCUT2D eigenvalue weighted by Gasteiger charge is -2.06. The number of benzene rings is 2. The number of nitrogens with zero attached hydrogens (tertiary/aromatic N) is 1. The molecule has 4 nitrogen and oxygen atoms in total. The zero-order chi connectivity index (χ0) is 17.1. The third kappa shape index (κ3) is 3.90. The molecule has 1 amide bonds. The van der Waals surface area contributed by atoms with E-state index in [-0.39, 0.29) is 12.3 Å². The maximum Gasteiger partial charge on any atom is 0.230 e. The molecule has 0 saturated heterocycles. The zero-order valence-corrected chi connectivity index (χ0v) is 14.1. The number of carbonyl (C=O) groups is 1. The molecule has 24 heavy (non-hydrogen) atoms. The van der Waals surface area contributed by atoms with E-state index in [2.05, 4.69) is 16.5 Å². The number of aromatic nitrogens is 1. The fourth-order valence-electron chi connectivity index (χ4n) is 2.67. The largest absolute Gasteiger partial charge is 0.356 e. The predicted molar refractivity (Wildman–Crippen MR) is 94.9 cm³/mol. The second-order valence-corrected chi connectivity index (χ2v) is 6.15. The smallest absolute Gasteiger partial charge is 0.230 e. The fourth-order valence-corrected chi connectivity index (χ4v) is 2.67. The molecule has 0 fully saturated rings.